The molecule has 0 spiro atoms. The van der Waals surface area contributed by atoms with Crippen molar-refractivity contribution in [1.29, 1.82) is 0 Å². The summed E-state index contributed by atoms with van der Waals surface area (Å²) in [5, 5.41) is 0. The first-order valence-corrected chi connectivity index (χ1v) is 10.6. The first-order valence-electron chi connectivity index (χ1n) is 9.82. The van der Waals surface area contributed by atoms with Crippen LogP contribution in [0.1, 0.15) is 17.5 Å². The second kappa shape index (κ2) is 9.11. The molecule has 1 aromatic heterocycles. The zero-order valence-electron chi connectivity index (χ0n) is 16.5. The second-order valence-corrected chi connectivity index (χ2v) is 8.36. The molecule has 5 nitrogen and oxygen atoms in total. The topological polar surface area (TPSA) is 45.5 Å². The molecule has 1 fully saturated rings. The Morgan fingerprint density at radius 2 is 1.97 bits per heavy atom. The molecule has 2 unspecified atom stereocenters. The van der Waals surface area contributed by atoms with Crippen molar-refractivity contribution in [2.24, 2.45) is 0 Å². The fraction of sp³-hybridized carbons (Fsp3) is 0.348. The Labute approximate surface area is 179 Å². The van der Waals surface area contributed by atoms with Gasteiger partial charge in [-0.2, -0.15) is 0 Å². The molecule has 29 heavy (non-hydrogen) atoms. The van der Waals surface area contributed by atoms with Gasteiger partial charge >= 0.3 is 0 Å². The summed E-state index contributed by atoms with van der Waals surface area (Å²) in [7, 11) is 0. The van der Waals surface area contributed by atoms with Crippen molar-refractivity contribution in [3.8, 4) is 5.75 Å². The van der Waals surface area contributed by atoms with E-state index in [1.165, 1.54) is 11.1 Å². The molecule has 6 heteroatoms. The van der Waals surface area contributed by atoms with Crippen LogP contribution < -0.4 is 4.74 Å². The van der Waals surface area contributed by atoms with Gasteiger partial charge in [0.05, 0.1) is 19.5 Å². The smallest absolute Gasteiger partial charge is 0.187 e. The largest absolute Gasteiger partial charge is 0.491 e. The Morgan fingerprint density at radius 3 is 2.69 bits per heavy atom. The molecular formula is C23H25BrN2O3. The monoisotopic (exact) mass is 456 g/mol. The van der Waals surface area contributed by atoms with Crippen LogP contribution in [0.5, 0.6) is 5.75 Å². The average Bonchev–Trinajstić information content (AvgIpc) is 3.38. The van der Waals surface area contributed by atoms with E-state index in [0.717, 1.165) is 23.1 Å². The van der Waals surface area contributed by atoms with Crippen molar-refractivity contribution in [2.45, 2.75) is 38.2 Å². The number of ether oxygens (including phenoxy) is 3. The van der Waals surface area contributed by atoms with E-state index in [9.17, 15) is 0 Å². The molecule has 2 heterocycles. The maximum atomic E-state index is 6.41. The van der Waals surface area contributed by atoms with Crippen molar-refractivity contribution in [1.82, 2.24) is 9.55 Å². The van der Waals surface area contributed by atoms with Gasteiger partial charge in [-0.15, -0.1) is 0 Å². The number of aryl methyl sites for hydroxylation is 2. The molecule has 0 saturated carbocycles. The second-order valence-electron chi connectivity index (χ2n) is 7.45. The highest BCUT2D eigenvalue weighted by Crippen LogP contribution is 2.31. The quantitative estimate of drug-likeness (QED) is 0.489. The number of hydrogen-bond donors (Lipinski definition) is 0. The molecule has 0 aliphatic carbocycles. The van der Waals surface area contributed by atoms with Gasteiger partial charge in [0.2, 0.25) is 0 Å². The Balaban J connectivity index is 1.40. The highest BCUT2D eigenvalue weighted by molar-refractivity contribution is 9.10. The van der Waals surface area contributed by atoms with E-state index in [1.807, 2.05) is 35.0 Å². The van der Waals surface area contributed by atoms with E-state index >= 15 is 0 Å². The van der Waals surface area contributed by atoms with Crippen molar-refractivity contribution in [2.75, 3.05) is 13.2 Å². The number of aromatic nitrogens is 2. The lowest BCUT2D eigenvalue weighted by Crippen LogP contribution is -2.37. The fourth-order valence-corrected chi connectivity index (χ4v) is 3.72. The summed E-state index contributed by atoms with van der Waals surface area (Å²) in [5.74, 6) is 0.163. The minimum atomic E-state index is -0.685. The van der Waals surface area contributed by atoms with Gasteiger partial charge < -0.3 is 18.8 Å². The number of imidazole rings is 1. The molecule has 2 atom stereocenters. The normalized spacial score (nSPS) is 21.4. The third-order valence-corrected chi connectivity index (χ3v) is 5.59. The number of nitrogens with zero attached hydrogens (tertiary/aromatic N) is 2. The maximum Gasteiger partial charge on any atom is 0.187 e. The third kappa shape index (κ3) is 5.47. The summed E-state index contributed by atoms with van der Waals surface area (Å²) < 4.78 is 21.6. The molecule has 0 bridgehead atoms. The summed E-state index contributed by atoms with van der Waals surface area (Å²) in [6.07, 6.45) is 7.02. The predicted molar refractivity (Wildman–Crippen MR) is 115 cm³/mol. The van der Waals surface area contributed by atoms with Crippen molar-refractivity contribution in [3.05, 3.63) is 82.9 Å². The minimum Gasteiger partial charge on any atom is -0.491 e. The SMILES string of the molecule is Cc1ccc(OCC2COC(CCc3ccc(Br)cc3)(Cn3ccnc3)O2)cc1. The number of halogens is 1. The molecule has 4 rings (SSSR count). The third-order valence-electron chi connectivity index (χ3n) is 5.06. The molecule has 2 aromatic carbocycles. The van der Waals surface area contributed by atoms with Crippen LogP contribution in [-0.2, 0) is 22.4 Å². The molecule has 1 aliphatic rings. The van der Waals surface area contributed by atoms with Crippen LogP contribution in [0.15, 0.2) is 71.7 Å². The zero-order valence-corrected chi connectivity index (χ0v) is 18.0. The highest BCUT2D eigenvalue weighted by atomic mass is 79.9. The van der Waals surface area contributed by atoms with E-state index in [4.69, 9.17) is 14.2 Å². The number of rotatable bonds is 8. The molecule has 0 radical (unpaired) electrons. The Morgan fingerprint density at radius 1 is 1.17 bits per heavy atom. The summed E-state index contributed by atoms with van der Waals surface area (Å²) in [5.41, 5.74) is 2.47. The van der Waals surface area contributed by atoms with E-state index in [0.29, 0.717) is 19.8 Å². The lowest BCUT2D eigenvalue weighted by molar-refractivity contribution is -0.184. The van der Waals surface area contributed by atoms with Crippen LogP contribution in [0.3, 0.4) is 0 Å². The van der Waals surface area contributed by atoms with Crippen molar-refractivity contribution < 1.29 is 14.2 Å². The van der Waals surface area contributed by atoms with Gasteiger partial charge in [0, 0.05) is 23.3 Å². The summed E-state index contributed by atoms with van der Waals surface area (Å²) in [6, 6.07) is 16.4. The standard InChI is InChI=1S/C23H25BrN2O3/c1-18-2-8-21(9-3-18)27-14-22-15-28-23(29-22,16-26-13-12-25-17-26)11-10-19-4-6-20(24)7-5-19/h2-9,12-13,17,22H,10-11,14-16H2,1H3. The first kappa shape index (κ1) is 20.1. The fourth-order valence-electron chi connectivity index (χ4n) is 3.46. The summed E-state index contributed by atoms with van der Waals surface area (Å²) in [6.45, 7) is 3.64. The van der Waals surface area contributed by atoms with E-state index in [2.05, 4.69) is 52.1 Å². The van der Waals surface area contributed by atoms with Gasteiger partial charge in [0.25, 0.3) is 0 Å². The van der Waals surface area contributed by atoms with Gasteiger partial charge in [-0.05, 0) is 43.2 Å². The zero-order chi connectivity index (χ0) is 20.1. The number of benzene rings is 2. The Kier molecular flexibility index (Phi) is 6.33. The van der Waals surface area contributed by atoms with Gasteiger partial charge in [-0.1, -0.05) is 45.8 Å². The molecule has 0 amide bonds. The van der Waals surface area contributed by atoms with Crippen LogP contribution in [0, 0.1) is 6.92 Å². The van der Waals surface area contributed by atoms with E-state index in [-0.39, 0.29) is 6.10 Å². The van der Waals surface area contributed by atoms with Crippen LogP contribution >= 0.6 is 15.9 Å². The molecule has 3 aromatic rings. The van der Waals surface area contributed by atoms with E-state index < -0.39 is 5.79 Å². The highest BCUT2D eigenvalue weighted by Gasteiger charge is 2.42. The van der Waals surface area contributed by atoms with Crippen LogP contribution in [-0.4, -0.2) is 34.7 Å². The minimum absolute atomic E-state index is 0.107. The van der Waals surface area contributed by atoms with Gasteiger partial charge in [0.1, 0.15) is 18.5 Å². The van der Waals surface area contributed by atoms with E-state index in [1.54, 1.807) is 12.5 Å². The lowest BCUT2D eigenvalue weighted by atomic mass is 10.0. The maximum absolute atomic E-state index is 6.41. The summed E-state index contributed by atoms with van der Waals surface area (Å²) in [4.78, 5) is 4.15. The van der Waals surface area contributed by atoms with Gasteiger partial charge in [-0.3, -0.25) is 0 Å². The lowest BCUT2D eigenvalue weighted by Gasteiger charge is -2.28. The Bertz CT molecular complexity index is 897. The molecular weight excluding hydrogens is 432 g/mol. The van der Waals surface area contributed by atoms with Crippen LogP contribution in [0.2, 0.25) is 0 Å². The predicted octanol–water partition coefficient (Wildman–Crippen LogP) is 4.78. The Hall–Kier alpha value is -2.15. The van der Waals surface area contributed by atoms with Gasteiger partial charge in [-0.25, -0.2) is 4.98 Å². The van der Waals surface area contributed by atoms with Crippen LogP contribution in [0.25, 0.3) is 0 Å². The summed E-state index contributed by atoms with van der Waals surface area (Å²) >= 11 is 3.49. The van der Waals surface area contributed by atoms with Crippen molar-refractivity contribution in [3.63, 3.8) is 0 Å². The number of hydrogen-bond acceptors (Lipinski definition) is 4. The molecule has 1 saturated heterocycles. The first-order chi connectivity index (χ1) is 14.1. The van der Waals surface area contributed by atoms with Gasteiger partial charge in [0.15, 0.2) is 5.79 Å². The van der Waals surface area contributed by atoms with Crippen LogP contribution in [0.4, 0.5) is 0 Å². The molecule has 0 N–H and O–H groups in total. The molecule has 152 valence electrons. The average molecular weight is 457 g/mol. The van der Waals surface area contributed by atoms with Crippen molar-refractivity contribution >= 4 is 15.9 Å². The molecule has 1 aliphatic heterocycles.